The standard InChI is InChI=1S/C18H26N4O3S/c1-26(24,25)21-12-8-14(9-13-21)20-10-6-15(7-11-20)22-17-5-3-2-4-16(17)19-18(22)23/h2-5,14-15H,6-13H2,1H3,(H,19,23). The van der Waals surface area contributed by atoms with Crippen LogP contribution < -0.4 is 5.69 Å². The quantitative estimate of drug-likeness (QED) is 0.875. The highest BCUT2D eigenvalue weighted by Gasteiger charge is 2.31. The summed E-state index contributed by atoms with van der Waals surface area (Å²) in [5.41, 5.74) is 1.86. The average molecular weight is 378 g/mol. The van der Waals surface area contributed by atoms with E-state index < -0.39 is 10.0 Å². The Bertz CT molecular complexity index is 933. The zero-order chi connectivity index (χ0) is 18.3. The highest BCUT2D eigenvalue weighted by molar-refractivity contribution is 7.88. The van der Waals surface area contributed by atoms with Gasteiger partial charge in [-0.05, 0) is 37.8 Å². The molecule has 0 atom stereocenters. The molecule has 0 radical (unpaired) electrons. The normalized spacial score (nSPS) is 22.2. The molecule has 142 valence electrons. The second kappa shape index (κ2) is 6.83. The Morgan fingerprint density at radius 2 is 1.58 bits per heavy atom. The molecular weight excluding hydrogens is 352 g/mol. The van der Waals surface area contributed by atoms with Crippen LogP contribution >= 0.6 is 0 Å². The van der Waals surface area contributed by atoms with Crippen molar-refractivity contribution in [3.63, 3.8) is 0 Å². The molecule has 1 N–H and O–H groups in total. The number of nitrogens with one attached hydrogen (secondary N) is 1. The maximum Gasteiger partial charge on any atom is 0.326 e. The fourth-order valence-electron chi connectivity index (χ4n) is 4.48. The van der Waals surface area contributed by atoms with E-state index in [1.807, 2.05) is 28.8 Å². The van der Waals surface area contributed by atoms with Crippen molar-refractivity contribution in [3.8, 4) is 0 Å². The molecule has 2 saturated heterocycles. The van der Waals surface area contributed by atoms with Crippen LogP contribution in [0.5, 0.6) is 0 Å². The van der Waals surface area contributed by atoms with Crippen molar-refractivity contribution in [2.24, 2.45) is 0 Å². The van der Waals surface area contributed by atoms with Crippen LogP contribution in [0, 0.1) is 0 Å². The number of para-hydroxylation sites is 2. The summed E-state index contributed by atoms with van der Waals surface area (Å²) in [6.07, 6.45) is 4.98. The lowest BCUT2D eigenvalue weighted by Gasteiger charge is -2.41. The molecule has 0 spiro atoms. The minimum atomic E-state index is -3.07. The summed E-state index contributed by atoms with van der Waals surface area (Å²) in [6.45, 7) is 3.15. The molecule has 0 aliphatic carbocycles. The van der Waals surface area contributed by atoms with Crippen LogP contribution in [-0.2, 0) is 10.0 Å². The summed E-state index contributed by atoms with van der Waals surface area (Å²) in [7, 11) is -3.07. The molecule has 2 aromatic rings. The Kier molecular flexibility index (Phi) is 4.66. The van der Waals surface area contributed by atoms with Crippen molar-refractivity contribution < 1.29 is 8.42 Å². The van der Waals surface area contributed by atoms with Crippen LogP contribution in [0.25, 0.3) is 11.0 Å². The van der Waals surface area contributed by atoms with E-state index in [9.17, 15) is 13.2 Å². The van der Waals surface area contributed by atoms with E-state index in [4.69, 9.17) is 0 Å². The highest BCUT2D eigenvalue weighted by atomic mass is 32.2. The van der Waals surface area contributed by atoms with Crippen molar-refractivity contribution in [2.75, 3.05) is 32.4 Å². The largest absolute Gasteiger partial charge is 0.326 e. The lowest BCUT2D eigenvalue weighted by molar-refractivity contribution is 0.0993. The van der Waals surface area contributed by atoms with Crippen LogP contribution in [0.1, 0.15) is 31.7 Å². The summed E-state index contributed by atoms with van der Waals surface area (Å²) in [6, 6.07) is 8.53. The minimum Gasteiger partial charge on any atom is -0.306 e. The molecule has 2 aliphatic heterocycles. The van der Waals surface area contributed by atoms with Gasteiger partial charge in [-0.1, -0.05) is 12.1 Å². The monoisotopic (exact) mass is 378 g/mol. The molecule has 0 amide bonds. The number of likely N-dealkylation sites (tertiary alicyclic amines) is 1. The van der Waals surface area contributed by atoms with Crippen molar-refractivity contribution in [3.05, 3.63) is 34.7 Å². The first-order valence-electron chi connectivity index (χ1n) is 9.32. The number of hydrogen-bond donors (Lipinski definition) is 1. The average Bonchev–Trinajstić information content (AvgIpc) is 2.97. The number of nitrogens with zero attached hydrogens (tertiary/aromatic N) is 3. The molecule has 0 bridgehead atoms. The molecule has 7 nitrogen and oxygen atoms in total. The number of aromatic nitrogens is 2. The first kappa shape index (κ1) is 17.8. The van der Waals surface area contributed by atoms with Crippen LogP contribution in [0.15, 0.2) is 29.1 Å². The van der Waals surface area contributed by atoms with Gasteiger partial charge in [0.2, 0.25) is 10.0 Å². The van der Waals surface area contributed by atoms with Gasteiger partial charge in [0.1, 0.15) is 0 Å². The number of piperidine rings is 2. The molecule has 8 heteroatoms. The van der Waals surface area contributed by atoms with Crippen LogP contribution in [0.3, 0.4) is 0 Å². The van der Waals surface area contributed by atoms with Crippen LogP contribution in [-0.4, -0.2) is 65.7 Å². The first-order chi connectivity index (χ1) is 12.4. The molecule has 26 heavy (non-hydrogen) atoms. The van der Waals surface area contributed by atoms with Gasteiger partial charge in [-0.3, -0.25) is 4.57 Å². The van der Waals surface area contributed by atoms with Gasteiger partial charge in [0.25, 0.3) is 0 Å². The molecular formula is C18H26N4O3S. The lowest BCUT2D eigenvalue weighted by atomic mass is 9.98. The molecule has 2 aliphatic rings. The van der Waals surface area contributed by atoms with E-state index in [1.54, 1.807) is 4.31 Å². The zero-order valence-corrected chi connectivity index (χ0v) is 15.9. The predicted octanol–water partition coefficient (Wildman–Crippen LogP) is 1.39. The fraction of sp³-hybridized carbons (Fsp3) is 0.611. The van der Waals surface area contributed by atoms with Crippen LogP contribution in [0.2, 0.25) is 0 Å². The second-order valence-electron chi connectivity index (χ2n) is 7.48. The first-order valence-corrected chi connectivity index (χ1v) is 11.2. The van der Waals surface area contributed by atoms with E-state index in [-0.39, 0.29) is 11.7 Å². The zero-order valence-electron chi connectivity index (χ0n) is 15.1. The van der Waals surface area contributed by atoms with Crippen molar-refractivity contribution in [1.82, 2.24) is 18.8 Å². The summed E-state index contributed by atoms with van der Waals surface area (Å²) in [4.78, 5) is 17.8. The van der Waals surface area contributed by atoms with Crippen molar-refractivity contribution >= 4 is 21.1 Å². The van der Waals surface area contributed by atoms with Gasteiger partial charge < -0.3 is 9.88 Å². The second-order valence-corrected chi connectivity index (χ2v) is 9.46. The van der Waals surface area contributed by atoms with Gasteiger partial charge in [0.15, 0.2) is 0 Å². The highest BCUT2D eigenvalue weighted by Crippen LogP contribution is 2.28. The Morgan fingerprint density at radius 1 is 0.962 bits per heavy atom. The third-order valence-corrected chi connectivity index (χ3v) is 7.20. The number of aromatic amines is 1. The van der Waals surface area contributed by atoms with Gasteiger partial charge >= 0.3 is 5.69 Å². The third-order valence-electron chi connectivity index (χ3n) is 5.90. The van der Waals surface area contributed by atoms with E-state index in [1.165, 1.54) is 6.26 Å². The lowest BCUT2D eigenvalue weighted by Crippen LogP contribution is -2.49. The van der Waals surface area contributed by atoms with E-state index in [0.29, 0.717) is 19.1 Å². The van der Waals surface area contributed by atoms with Gasteiger partial charge in [0, 0.05) is 38.3 Å². The minimum absolute atomic E-state index is 0.0221. The summed E-state index contributed by atoms with van der Waals surface area (Å²) in [5, 5.41) is 0. The number of H-pyrrole nitrogens is 1. The van der Waals surface area contributed by atoms with E-state index in [0.717, 1.165) is 49.8 Å². The number of sulfonamides is 1. The van der Waals surface area contributed by atoms with Gasteiger partial charge in [-0.25, -0.2) is 17.5 Å². The SMILES string of the molecule is CS(=O)(=O)N1CCC(N2CCC(n3c(=O)[nH]c4ccccc43)CC2)CC1. The molecule has 4 rings (SSSR count). The topological polar surface area (TPSA) is 78.4 Å². The fourth-order valence-corrected chi connectivity index (χ4v) is 5.36. The van der Waals surface area contributed by atoms with Gasteiger partial charge in [0.05, 0.1) is 17.3 Å². The molecule has 0 unspecified atom stereocenters. The summed E-state index contributed by atoms with van der Waals surface area (Å²) in [5.74, 6) is 0. The molecule has 3 heterocycles. The Morgan fingerprint density at radius 3 is 2.23 bits per heavy atom. The summed E-state index contributed by atoms with van der Waals surface area (Å²) < 4.78 is 26.8. The Labute approximate surface area is 153 Å². The predicted molar refractivity (Wildman–Crippen MR) is 102 cm³/mol. The number of hydrogen-bond acceptors (Lipinski definition) is 4. The smallest absolute Gasteiger partial charge is 0.306 e. The molecule has 1 aromatic heterocycles. The molecule has 1 aromatic carbocycles. The maximum atomic E-state index is 12.4. The van der Waals surface area contributed by atoms with Crippen LogP contribution in [0.4, 0.5) is 0 Å². The van der Waals surface area contributed by atoms with E-state index >= 15 is 0 Å². The molecule has 2 fully saturated rings. The number of rotatable bonds is 3. The van der Waals surface area contributed by atoms with E-state index in [2.05, 4.69) is 9.88 Å². The van der Waals surface area contributed by atoms with Gasteiger partial charge in [-0.2, -0.15) is 0 Å². The number of benzene rings is 1. The number of imidazole rings is 1. The van der Waals surface area contributed by atoms with Crippen molar-refractivity contribution in [1.29, 1.82) is 0 Å². The van der Waals surface area contributed by atoms with Crippen molar-refractivity contribution in [2.45, 2.75) is 37.8 Å². The third kappa shape index (κ3) is 3.33. The van der Waals surface area contributed by atoms with Gasteiger partial charge in [-0.15, -0.1) is 0 Å². The summed E-state index contributed by atoms with van der Waals surface area (Å²) >= 11 is 0. The Balaban J connectivity index is 1.40. The Hall–Kier alpha value is -1.64. The maximum absolute atomic E-state index is 12.4. The molecule has 0 saturated carbocycles. The number of fused-ring (bicyclic) bond motifs is 1.